The van der Waals surface area contributed by atoms with Crippen LogP contribution in [-0.4, -0.2) is 19.9 Å². The zero-order chi connectivity index (χ0) is 13.4. The van der Waals surface area contributed by atoms with Crippen LogP contribution in [0.2, 0.25) is 0 Å². The Morgan fingerprint density at radius 3 is 2.79 bits per heavy atom. The van der Waals surface area contributed by atoms with E-state index in [0.29, 0.717) is 0 Å². The van der Waals surface area contributed by atoms with E-state index in [1.807, 2.05) is 50.4 Å². The van der Waals surface area contributed by atoms with Gasteiger partial charge in [0.15, 0.2) is 0 Å². The van der Waals surface area contributed by atoms with Crippen molar-refractivity contribution >= 4 is 10.9 Å². The van der Waals surface area contributed by atoms with Gasteiger partial charge in [0.2, 0.25) is 0 Å². The van der Waals surface area contributed by atoms with Gasteiger partial charge in [-0.1, -0.05) is 18.2 Å². The topological polar surface area (TPSA) is 50.9 Å². The van der Waals surface area contributed by atoms with Crippen molar-refractivity contribution in [3.63, 3.8) is 0 Å². The van der Waals surface area contributed by atoms with Crippen LogP contribution in [0.15, 0.2) is 42.6 Å². The summed E-state index contributed by atoms with van der Waals surface area (Å²) < 4.78 is 1.72. The average Bonchev–Trinajstić information content (AvgIpc) is 2.76. The second-order valence-electron chi connectivity index (χ2n) is 4.65. The molecule has 0 saturated carbocycles. The van der Waals surface area contributed by atoms with Crippen molar-refractivity contribution in [2.45, 2.75) is 13.0 Å². The van der Waals surface area contributed by atoms with Gasteiger partial charge in [0.1, 0.15) is 6.10 Å². The van der Waals surface area contributed by atoms with Crippen LogP contribution in [0.4, 0.5) is 0 Å². The Morgan fingerprint density at radius 2 is 2.05 bits per heavy atom. The molecule has 2 heterocycles. The van der Waals surface area contributed by atoms with Crippen LogP contribution in [-0.2, 0) is 7.05 Å². The highest BCUT2D eigenvalue weighted by atomic mass is 16.3. The maximum Gasteiger partial charge on any atom is 0.121 e. The molecule has 2 aromatic heterocycles. The lowest BCUT2D eigenvalue weighted by Gasteiger charge is -2.13. The summed E-state index contributed by atoms with van der Waals surface area (Å²) in [7, 11) is 1.84. The van der Waals surface area contributed by atoms with Gasteiger partial charge < -0.3 is 5.11 Å². The van der Waals surface area contributed by atoms with Crippen molar-refractivity contribution < 1.29 is 5.11 Å². The van der Waals surface area contributed by atoms with Gasteiger partial charge in [0.05, 0.1) is 16.9 Å². The molecular weight excluding hydrogens is 238 g/mol. The zero-order valence-corrected chi connectivity index (χ0v) is 10.9. The second-order valence-corrected chi connectivity index (χ2v) is 4.65. The molecule has 1 unspecified atom stereocenters. The zero-order valence-electron chi connectivity index (χ0n) is 10.9. The number of hydrogen-bond acceptors (Lipinski definition) is 3. The van der Waals surface area contributed by atoms with Gasteiger partial charge in [-0.3, -0.25) is 9.67 Å². The normalized spacial score (nSPS) is 12.8. The van der Waals surface area contributed by atoms with Gasteiger partial charge in [-0.25, -0.2) is 0 Å². The molecular formula is C15H15N3O. The van der Waals surface area contributed by atoms with E-state index < -0.39 is 6.10 Å². The first kappa shape index (κ1) is 11.9. The number of aliphatic hydroxyl groups is 1. The Morgan fingerprint density at radius 1 is 1.21 bits per heavy atom. The van der Waals surface area contributed by atoms with E-state index in [1.54, 1.807) is 10.9 Å². The molecule has 1 atom stereocenters. The lowest BCUT2D eigenvalue weighted by Crippen LogP contribution is -2.07. The van der Waals surface area contributed by atoms with E-state index in [4.69, 9.17) is 0 Å². The van der Waals surface area contributed by atoms with Crippen molar-refractivity contribution in [2.75, 3.05) is 0 Å². The van der Waals surface area contributed by atoms with Gasteiger partial charge in [0, 0.05) is 18.6 Å². The number of fused-ring (bicyclic) bond motifs is 1. The van der Waals surface area contributed by atoms with Crippen molar-refractivity contribution in [2.24, 2.45) is 7.05 Å². The van der Waals surface area contributed by atoms with Crippen molar-refractivity contribution in [1.82, 2.24) is 14.8 Å². The maximum atomic E-state index is 10.6. The lowest BCUT2D eigenvalue weighted by molar-refractivity contribution is 0.211. The smallest absolute Gasteiger partial charge is 0.121 e. The molecule has 4 heteroatoms. The third kappa shape index (κ3) is 2.00. The third-order valence-electron chi connectivity index (χ3n) is 3.29. The predicted octanol–water partition coefficient (Wildman–Crippen LogP) is 2.36. The van der Waals surface area contributed by atoms with Crippen molar-refractivity contribution in [1.29, 1.82) is 0 Å². The molecule has 1 aromatic carbocycles. The number of rotatable bonds is 2. The highest BCUT2D eigenvalue weighted by molar-refractivity contribution is 5.82. The Kier molecular flexibility index (Phi) is 2.80. The molecule has 19 heavy (non-hydrogen) atoms. The molecule has 0 aliphatic rings. The van der Waals surface area contributed by atoms with Gasteiger partial charge >= 0.3 is 0 Å². The van der Waals surface area contributed by atoms with E-state index in [0.717, 1.165) is 27.9 Å². The van der Waals surface area contributed by atoms with Crippen molar-refractivity contribution in [3.05, 3.63) is 59.5 Å². The molecule has 4 nitrogen and oxygen atoms in total. The SMILES string of the molecule is Cc1cc(C(O)c2cccc3ncccc23)n(C)n1. The Labute approximate surface area is 111 Å². The Bertz CT molecular complexity index is 728. The molecule has 0 aliphatic carbocycles. The minimum absolute atomic E-state index is 0.695. The van der Waals surface area contributed by atoms with Crippen LogP contribution in [0, 0.1) is 6.92 Å². The second kappa shape index (κ2) is 4.48. The third-order valence-corrected chi connectivity index (χ3v) is 3.29. The fourth-order valence-electron chi connectivity index (χ4n) is 2.41. The molecule has 0 radical (unpaired) electrons. The highest BCUT2D eigenvalue weighted by Gasteiger charge is 2.17. The highest BCUT2D eigenvalue weighted by Crippen LogP contribution is 2.28. The molecule has 0 amide bonds. The quantitative estimate of drug-likeness (QED) is 0.762. The number of pyridine rings is 1. The average molecular weight is 253 g/mol. The summed E-state index contributed by atoms with van der Waals surface area (Å²) in [5, 5.41) is 15.8. The summed E-state index contributed by atoms with van der Waals surface area (Å²) in [5.74, 6) is 0. The minimum Gasteiger partial charge on any atom is -0.382 e. The van der Waals surface area contributed by atoms with Gasteiger partial charge in [-0.15, -0.1) is 0 Å². The number of hydrogen-bond donors (Lipinski definition) is 1. The molecule has 0 aliphatic heterocycles. The first-order chi connectivity index (χ1) is 9.16. The largest absolute Gasteiger partial charge is 0.382 e. The number of aromatic nitrogens is 3. The number of aliphatic hydroxyl groups excluding tert-OH is 1. The summed E-state index contributed by atoms with van der Waals surface area (Å²) in [6.45, 7) is 1.92. The molecule has 3 rings (SSSR count). The monoisotopic (exact) mass is 253 g/mol. The van der Waals surface area contributed by atoms with E-state index in [1.165, 1.54) is 0 Å². The fraction of sp³-hybridized carbons (Fsp3) is 0.200. The molecule has 0 fully saturated rings. The van der Waals surface area contributed by atoms with Gasteiger partial charge in [-0.05, 0) is 30.7 Å². The van der Waals surface area contributed by atoms with Crippen LogP contribution in [0.25, 0.3) is 10.9 Å². The van der Waals surface area contributed by atoms with Crippen LogP contribution in [0.5, 0.6) is 0 Å². The molecule has 0 bridgehead atoms. The first-order valence-corrected chi connectivity index (χ1v) is 6.19. The van der Waals surface area contributed by atoms with Gasteiger partial charge in [-0.2, -0.15) is 5.10 Å². The molecule has 3 aromatic rings. The standard InChI is InChI=1S/C15H15N3O/c1-10-9-14(18(2)17-10)15(19)12-5-3-7-13-11(12)6-4-8-16-13/h3-9,15,19H,1-2H3. The summed E-state index contributed by atoms with van der Waals surface area (Å²) in [6.07, 6.45) is 1.06. The van der Waals surface area contributed by atoms with Crippen LogP contribution < -0.4 is 0 Å². The minimum atomic E-state index is -0.695. The van der Waals surface area contributed by atoms with E-state index >= 15 is 0 Å². The Hall–Kier alpha value is -2.20. The predicted molar refractivity (Wildman–Crippen MR) is 73.7 cm³/mol. The van der Waals surface area contributed by atoms with E-state index in [9.17, 15) is 5.11 Å². The number of nitrogens with zero attached hydrogens (tertiary/aromatic N) is 3. The summed E-state index contributed by atoms with van der Waals surface area (Å²) >= 11 is 0. The molecule has 96 valence electrons. The summed E-state index contributed by atoms with van der Waals surface area (Å²) in [4.78, 5) is 4.31. The maximum absolute atomic E-state index is 10.6. The van der Waals surface area contributed by atoms with Crippen LogP contribution in [0.3, 0.4) is 0 Å². The van der Waals surface area contributed by atoms with Crippen LogP contribution in [0.1, 0.15) is 23.1 Å². The number of aryl methyl sites for hydroxylation is 2. The lowest BCUT2D eigenvalue weighted by atomic mass is 10.0. The molecule has 0 spiro atoms. The summed E-state index contributed by atoms with van der Waals surface area (Å²) in [6, 6.07) is 11.5. The van der Waals surface area contributed by atoms with Crippen molar-refractivity contribution in [3.8, 4) is 0 Å². The van der Waals surface area contributed by atoms with E-state index in [-0.39, 0.29) is 0 Å². The molecule has 1 N–H and O–H groups in total. The Balaban J connectivity index is 2.16. The fourth-order valence-corrected chi connectivity index (χ4v) is 2.41. The number of benzene rings is 1. The summed E-state index contributed by atoms with van der Waals surface area (Å²) in [5.41, 5.74) is 3.43. The molecule has 0 saturated heterocycles. The van der Waals surface area contributed by atoms with E-state index in [2.05, 4.69) is 10.1 Å². The van der Waals surface area contributed by atoms with Crippen LogP contribution >= 0.6 is 0 Å². The van der Waals surface area contributed by atoms with Gasteiger partial charge in [0.25, 0.3) is 0 Å². The first-order valence-electron chi connectivity index (χ1n) is 6.19.